The molecule has 5 rings (SSSR count). The highest BCUT2D eigenvalue weighted by Gasteiger charge is 2.30. The van der Waals surface area contributed by atoms with Gasteiger partial charge in [0.2, 0.25) is 5.91 Å². The monoisotopic (exact) mass is 457 g/mol. The highest BCUT2D eigenvalue weighted by atomic mass is 32.2. The van der Waals surface area contributed by atoms with Gasteiger partial charge in [-0.05, 0) is 50.5 Å². The third kappa shape index (κ3) is 4.06. The van der Waals surface area contributed by atoms with Crippen molar-refractivity contribution in [3.8, 4) is 0 Å². The molecule has 8 nitrogen and oxygen atoms in total. The summed E-state index contributed by atoms with van der Waals surface area (Å²) in [6, 6.07) is 0. The Labute approximate surface area is 186 Å². The molecule has 2 aliphatic carbocycles. The number of aryl methyl sites for hydroxylation is 2. The van der Waals surface area contributed by atoms with E-state index in [9.17, 15) is 14.4 Å². The first-order chi connectivity index (χ1) is 14.9. The normalized spacial score (nSPS) is 18.2. The summed E-state index contributed by atoms with van der Waals surface area (Å²) >= 11 is 3.16. The Morgan fingerprint density at radius 2 is 2.03 bits per heavy atom. The lowest BCUT2D eigenvalue weighted by Crippen LogP contribution is -2.29. The Morgan fingerprint density at radius 1 is 1.23 bits per heavy atom. The lowest BCUT2D eigenvalue weighted by atomic mass is 9.89. The smallest absolute Gasteiger partial charge is 0.319 e. The Hall–Kier alpha value is -2.46. The number of nitrogens with one attached hydrogen (secondary N) is 3. The predicted octanol–water partition coefficient (Wildman–Crippen LogP) is 3.11. The van der Waals surface area contributed by atoms with Crippen LogP contribution >= 0.6 is 23.1 Å². The summed E-state index contributed by atoms with van der Waals surface area (Å²) in [6.45, 7) is 3.86. The molecule has 1 amide bonds. The highest BCUT2D eigenvalue weighted by Crippen LogP contribution is 2.44. The zero-order valence-electron chi connectivity index (χ0n) is 17.3. The van der Waals surface area contributed by atoms with Gasteiger partial charge in [0.25, 0.3) is 5.56 Å². The number of thioether (sulfide) groups is 1. The van der Waals surface area contributed by atoms with Gasteiger partial charge in [0.05, 0.1) is 5.75 Å². The van der Waals surface area contributed by atoms with Crippen molar-refractivity contribution in [2.75, 3.05) is 11.1 Å². The summed E-state index contributed by atoms with van der Waals surface area (Å²) in [7, 11) is 0. The molecule has 0 radical (unpaired) electrons. The lowest BCUT2D eigenvalue weighted by Gasteiger charge is -2.18. The van der Waals surface area contributed by atoms with Gasteiger partial charge < -0.3 is 10.3 Å². The van der Waals surface area contributed by atoms with Crippen molar-refractivity contribution in [2.45, 2.75) is 56.9 Å². The number of rotatable bonds is 5. The van der Waals surface area contributed by atoms with E-state index in [0.29, 0.717) is 17.5 Å². The Kier molecular flexibility index (Phi) is 5.21. The van der Waals surface area contributed by atoms with Crippen LogP contribution in [0.3, 0.4) is 0 Å². The van der Waals surface area contributed by atoms with E-state index in [2.05, 4.69) is 22.2 Å². The van der Waals surface area contributed by atoms with Crippen molar-refractivity contribution in [1.82, 2.24) is 19.9 Å². The van der Waals surface area contributed by atoms with Gasteiger partial charge >= 0.3 is 5.69 Å². The molecule has 1 saturated carbocycles. The molecule has 3 N–H and O–H groups in total. The van der Waals surface area contributed by atoms with Gasteiger partial charge in [0, 0.05) is 21.9 Å². The second-order valence-corrected chi connectivity index (χ2v) is 10.5. The molecular weight excluding hydrogens is 434 g/mol. The maximum Gasteiger partial charge on any atom is 0.326 e. The van der Waals surface area contributed by atoms with Crippen molar-refractivity contribution in [1.29, 1.82) is 0 Å². The van der Waals surface area contributed by atoms with Crippen LogP contribution in [0.25, 0.3) is 10.2 Å². The zero-order chi connectivity index (χ0) is 21.7. The number of nitrogens with zero attached hydrogens (tertiary/aromatic N) is 2. The number of anilines is 1. The van der Waals surface area contributed by atoms with Crippen LogP contribution in [0.5, 0.6) is 0 Å². The van der Waals surface area contributed by atoms with Crippen LogP contribution in [0.1, 0.15) is 54.1 Å². The highest BCUT2D eigenvalue weighted by molar-refractivity contribution is 8.00. The molecule has 3 heterocycles. The fourth-order valence-corrected chi connectivity index (χ4v) is 6.33. The molecule has 0 aromatic carbocycles. The molecule has 0 aliphatic heterocycles. The van der Waals surface area contributed by atoms with Gasteiger partial charge in [0.15, 0.2) is 0 Å². The molecule has 31 heavy (non-hydrogen) atoms. The van der Waals surface area contributed by atoms with Crippen LogP contribution < -0.4 is 16.6 Å². The van der Waals surface area contributed by atoms with Crippen LogP contribution in [0.2, 0.25) is 0 Å². The number of amides is 1. The number of aromatic nitrogens is 4. The molecule has 1 unspecified atom stereocenters. The number of thiophene rings is 1. The van der Waals surface area contributed by atoms with E-state index in [1.54, 1.807) is 18.3 Å². The quantitative estimate of drug-likeness (QED) is 0.400. The fraction of sp³-hybridized carbons (Fsp3) is 0.476. The topological polar surface area (TPSA) is 121 Å². The molecule has 1 atom stereocenters. The number of hydrogen-bond donors (Lipinski definition) is 3. The predicted molar refractivity (Wildman–Crippen MR) is 122 cm³/mol. The molecule has 2 aliphatic rings. The number of carbonyl (C=O) groups excluding carboxylic acids is 1. The van der Waals surface area contributed by atoms with Crippen molar-refractivity contribution >= 4 is 44.9 Å². The van der Waals surface area contributed by atoms with E-state index >= 15 is 0 Å². The fourth-order valence-electron chi connectivity index (χ4n) is 4.01. The van der Waals surface area contributed by atoms with Crippen LogP contribution in [-0.2, 0) is 17.6 Å². The van der Waals surface area contributed by atoms with Crippen LogP contribution in [0.15, 0.2) is 14.6 Å². The SMILES string of the molecule is Cc1[nH]c(=O)[nH]c(=O)c1NC(=O)CSc1nc(C2CC2)nc2sc3c(c12)CCC(C)C3. The Morgan fingerprint density at radius 3 is 2.77 bits per heavy atom. The van der Waals surface area contributed by atoms with Gasteiger partial charge in [-0.2, -0.15) is 0 Å². The minimum absolute atomic E-state index is 0.0682. The summed E-state index contributed by atoms with van der Waals surface area (Å²) in [4.78, 5) is 52.7. The van der Waals surface area contributed by atoms with Crippen LogP contribution in [-0.4, -0.2) is 31.6 Å². The summed E-state index contributed by atoms with van der Waals surface area (Å²) in [5.41, 5.74) is 0.534. The maximum absolute atomic E-state index is 12.6. The molecule has 162 valence electrons. The summed E-state index contributed by atoms with van der Waals surface area (Å²) < 4.78 is 0. The standard InChI is InChI=1S/C21H23N5O3S2/c1-9-3-6-12-13(7-9)31-20-15(12)19(24-17(25-20)11-4-5-11)30-8-14(27)23-16-10(2)22-21(29)26-18(16)28/h9,11H,3-8H2,1-2H3,(H,23,27)(H2,22,26,28,29). The van der Waals surface area contributed by atoms with Crippen molar-refractivity contribution in [3.63, 3.8) is 0 Å². The first-order valence-electron chi connectivity index (χ1n) is 10.5. The van der Waals surface area contributed by atoms with Crippen LogP contribution in [0, 0.1) is 12.8 Å². The largest absolute Gasteiger partial charge is 0.326 e. The average Bonchev–Trinajstić information content (AvgIpc) is 3.49. The molecular formula is C21H23N5O3S2. The van der Waals surface area contributed by atoms with Gasteiger partial charge in [-0.3, -0.25) is 14.6 Å². The number of aromatic amines is 2. The van der Waals surface area contributed by atoms with Gasteiger partial charge in [-0.15, -0.1) is 11.3 Å². The van der Waals surface area contributed by atoms with Crippen LogP contribution in [0.4, 0.5) is 5.69 Å². The molecule has 3 aromatic rings. The molecule has 10 heteroatoms. The van der Waals surface area contributed by atoms with E-state index in [0.717, 1.165) is 53.2 Å². The van der Waals surface area contributed by atoms with Gasteiger partial charge in [-0.1, -0.05) is 18.7 Å². The third-order valence-corrected chi connectivity index (χ3v) is 7.94. The second kappa shape index (κ2) is 7.90. The van der Waals surface area contributed by atoms with E-state index in [1.165, 1.54) is 22.2 Å². The molecule has 0 saturated heterocycles. The summed E-state index contributed by atoms with van der Waals surface area (Å²) in [6.07, 6.45) is 5.49. The zero-order valence-corrected chi connectivity index (χ0v) is 19.0. The first-order valence-corrected chi connectivity index (χ1v) is 12.3. The van der Waals surface area contributed by atoms with Crippen molar-refractivity contribution in [3.05, 3.63) is 42.8 Å². The minimum Gasteiger partial charge on any atom is -0.319 e. The van der Waals surface area contributed by atoms with E-state index < -0.39 is 11.2 Å². The summed E-state index contributed by atoms with van der Waals surface area (Å²) in [5, 5.41) is 4.59. The first kappa shape index (κ1) is 20.4. The third-order valence-electron chi connectivity index (χ3n) is 5.82. The minimum atomic E-state index is -0.610. The molecule has 3 aromatic heterocycles. The molecule has 0 spiro atoms. The second-order valence-electron chi connectivity index (χ2n) is 8.44. The number of carbonyl (C=O) groups is 1. The maximum atomic E-state index is 12.6. The van der Waals surface area contributed by atoms with Crippen molar-refractivity contribution in [2.24, 2.45) is 5.92 Å². The van der Waals surface area contributed by atoms with E-state index in [1.807, 2.05) is 0 Å². The molecule has 0 bridgehead atoms. The van der Waals surface area contributed by atoms with Gasteiger partial charge in [0.1, 0.15) is 21.4 Å². The van der Waals surface area contributed by atoms with Gasteiger partial charge in [-0.25, -0.2) is 14.8 Å². The Bertz CT molecular complexity index is 1300. The van der Waals surface area contributed by atoms with E-state index in [-0.39, 0.29) is 17.3 Å². The Balaban J connectivity index is 1.42. The molecule has 1 fully saturated rings. The number of hydrogen-bond acceptors (Lipinski definition) is 7. The number of fused-ring (bicyclic) bond motifs is 3. The van der Waals surface area contributed by atoms with Crippen molar-refractivity contribution < 1.29 is 4.79 Å². The lowest BCUT2D eigenvalue weighted by molar-refractivity contribution is -0.113. The summed E-state index contributed by atoms with van der Waals surface area (Å²) in [5.74, 6) is 1.79. The average molecular weight is 458 g/mol. The number of H-pyrrole nitrogens is 2. The van der Waals surface area contributed by atoms with E-state index in [4.69, 9.17) is 9.97 Å².